The van der Waals surface area contributed by atoms with Crippen LogP contribution in [0.1, 0.15) is 60.5 Å². The second kappa shape index (κ2) is 7.57. The fraction of sp³-hybridized carbons (Fsp3) is 0.458. The summed E-state index contributed by atoms with van der Waals surface area (Å²) in [5.41, 5.74) is 3.78. The van der Waals surface area contributed by atoms with Crippen molar-refractivity contribution in [3.63, 3.8) is 0 Å². The molecular formula is C24H27FO3. The number of halogens is 1. The molecule has 0 spiro atoms. The fourth-order valence-electron chi connectivity index (χ4n) is 4.46. The van der Waals surface area contributed by atoms with E-state index in [2.05, 4.69) is 18.2 Å². The molecule has 1 fully saturated rings. The quantitative estimate of drug-likeness (QED) is 0.640. The lowest BCUT2D eigenvalue weighted by Crippen LogP contribution is -2.23. The number of ether oxygens (including phenoxy) is 2. The highest BCUT2D eigenvalue weighted by Crippen LogP contribution is 2.48. The summed E-state index contributed by atoms with van der Waals surface area (Å²) in [5.74, 6) is 0.898. The summed E-state index contributed by atoms with van der Waals surface area (Å²) in [6, 6.07) is 11.6. The van der Waals surface area contributed by atoms with Gasteiger partial charge in [0.15, 0.2) is 0 Å². The molecule has 0 N–H and O–H groups in total. The third-order valence-electron chi connectivity index (χ3n) is 6.17. The van der Waals surface area contributed by atoms with Crippen LogP contribution in [0.4, 0.5) is 4.39 Å². The Labute approximate surface area is 165 Å². The number of hydrogen-bond donors (Lipinski definition) is 0. The molecule has 2 aromatic rings. The molecule has 148 valence electrons. The van der Waals surface area contributed by atoms with E-state index in [0.29, 0.717) is 11.5 Å². The van der Waals surface area contributed by atoms with Crippen molar-refractivity contribution in [2.24, 2.45) is 11.8 Å². The molecule has 3 nitrogen and oxygen atoms in total. The smallest absolute Gasteiger partial charge is 0.309 e. The maximum atomic E-state index is 14.4. The van der Waals surface area contributed by atoms with Gasteiger partial charge in [-0.3, -0.25) is 4.79 Å². The van der Waals surface area contributed by atoms with Crippen molar-refractivity contribution in [3.8, 4) is 5.75 Å². The van der Waals surface area contributed by atoms with Crippen molar-refractivity contribution in [3.05, 3.63) is 64.5 Å². The monoisotopic (exact) mass is 382 g/mol. The van der Waals surface area contributed by atoms with Crippen LogP contribution in [0.15, 0.2) is 36.4 Å². The van der Waals surface area contributed by atoms with Crippen LogP contribution < -0.4 is 4.74 Å². The third kappa shape index (κ3) is 3.65. The second-order valence-electron chi connectivity index (χ2n) is 8.21. The number of carbonyl (C=O) groups is 1. The molecule has 4 heteroatoms. The molecule has 4 rings (SSSR count). The zero-order chi connectivity index (χ0) is 19.8. The average Bonchev–Trinajstić information content (AvgIpc) is 3.52. The Kier molecular flexibility index (Phi) is 5.13. The number of methoxy groups -OCH3 is 1. The zero-order valence-electron chi connectivity index (χ0n) is 16.7. The van der Waals surface area contributed by atoms with E-state index in [0.717, 1.165) is 48.1 Å². The molecule has 2 aliphatic rings. The van der Waals surface area contributed by atoms with Crippen LogP contribution in [0.5, 0.6) is 5.75 Å². The number of rotatable bonds is 5. The summed E-state index contributed by atoms with van der Waals surface area (Å²) >= 11 is 0. The Morgan fingerprint density at radius 3 is 2.64 bits per heavy atom. The minimum atomic E-state index is -0.277. The molecule has 1 aliphatic carbocycles. The molecule has 0 amide bonds. The van der Waals surface area contributed by atoms with Crippen molar-refractivity contribution in [1.82, 2.24) is 0 Å². The fourth-order valence-corrected chi connectivity index (χ4v) is 4.46. The van der Waals surface area contributed by atoms with Crippen LogP contribution >= 0.6 is 0 Å². The Morgan fingerprint density at radius 1 is 1.18 bits per heavy atom. The van der Waals surface area contributed by atoms with Gasteiger partial charge in [0.25, 0.3) is 0 Å². The van der Waals surface area contributed by atoms with Crippen molar-refractivity contribution in [2.45, 2.75) is 51.6 Å². The lowest BCUT2D eigenvalue weighted by atomic mass is 9.82. The summed E-state index contributed by atoms with van der Waals surface area (Å²) in [7, 11) is 1.44. The van der Waals surface area contributed by atoms with Crippen LogP contribution in [0, 0.1) is 24.6 Å². The Bertz CT molecular complexity index is 887. The Balaban J connectivity index is 1.62. The van der Waals surface area contributed by atoms with E-state index < -0.39 is 0 Å². The van der Waals surface area contributed by atoms with Crippen LogP contribution in [0.3, 0.4) is 0 Å². The number of esters is 1. The molecule has 0 saturated heterocycles. The lowest BCUT2D eigenvalue weighted by molar-refractivity contribution is -0.145. The number of hydrogen-bond acceptors (Lipinski definition) is 3. The van der Waals surface area contributed by atoms with Gasteiger partial charge in [-0.2, -0.15) is 0 Å². The van der Waals surface area contributed by atoms with Crippen LogP contribution in [-0.2, 0) is 16.0 Å². The average molecular weight is 382 g/mol. The first-order valence-electron chi connectivity index (χ1n) is 10.1. The van der Waals surface area contributed by atoms with Crippen LogP contribution in [0.25, 0.3) is 0 Å². The maximum Gasteiger partial charge on any atom is 0.309 e. The van der Waals surface area contributed by atoms with E-state index in [1.54, 1.807) is 6.07 Å². The summed E-state index contributed by atoms with van der Waals surface area (Å²) in [6.45, 7) is 3.83. The summed E-state index contributed by atoms with van der Waals surface area (Å²) in [6.07, 6.45) is 3.62. The first-order valence-corrected chi connectivity index (χ1v) is 10.1. The largest absolute Gasteiger partial charge is 0.485 e. The second-order valence-corrected chi connectivity index (χ2v) is 8.21. The van der Waals surface area contributed by atoms with E-state index in [9.17, 15) is 9.18 Å². The van der Waals surface area contributed by atoms with Gasteiger partial charge in [-0.15, -0.1) is 0 Å². The Morgan fingerprint density at radius 2 is 1.96 bits per heavy atom. The maximum absolute atomic E-state index is 14.4. The SMILES string of the molecule is COC(=O)[C@@H](C)[C@H](c1ccc2c(c1)OC(c1ccc(C)cc1F)CC2)C1CC1. The van der Waals surface area contributed by atoms with E-state index in [4.69, 9.17) is 9.47 Å². The first kappa shape index (κ1) is 19.0. The minimum Gasteiger partial charge on any atom is -0.485 e. The molecule has 0 radical (unpaired) electrons. The third-order valence-corrected chi connectivity index (χ3v) is 6.17. The van der Waals surface area contributed by atoms with Gasteiger partial charge in [0, 0.05) is 5.56 Å². The van der Waals surface area contributed by atoms with Crippen LogP contribution in [0.2, 0.25) is 0 Å². The van der Waals surface area contributed by atoms with Gasteiger partial charge in [0.05, 0.1) is 13.0 Å². The molecule has 1 unspecified atom stereocenters. The highest BCUT2D eigenvalue weighted by Gasteiger charge is 2.39. The van der Waals surface area contributed by atoms with Crippen molar-refractivity contribution in [1.29, 1.82) is 0 Å². The van der Waals surface area contributed by atoms with Crippen LogP contribution in [-0.4, -0.2) is 13.1 Å². The molecule has 1 heterocycles. The highest BCUT2D eigenvalue weighted by atomic mass is 19.1. The molecule has 3 atom stereocenters. The predicted molar refractivity (Wildman–Crippen MR) is 106 cm³/mol. The van der Waals surface area contributed by atoms with Gasteiger partial charge in [-0.25, -0.2) is 4.39 Å². The van der Waals surface area contributed by atoms with E-state index in [1.807, 2.05) is 26.0 Å². The van der Waals surface area contributed by atoms with Gasteiger partial charge < -0.3 is 9.47 Å². The van der Waals surface area contributed by atoms with E-state index in [-0.39, 0.29) is 29.7 Å². The zero-order valence-corrected chi connectivity index (χ0v) is 16.7. The molecule has 0 aromatic heterocycles. The molecule has 1 aliphatic heterocycles. The van der Waals surface area contributed by atoms with Crippen molar-refractivity contribution in [2.75, 3.05) is 7.11 Å². The molecule has 28 heavy (non-hydrogen) atoms. The summed E-state index contributed by atoms with van der Waals surface area (Å²) in [4.78, 5) is 12.2. The molecule has 0 bridgehead atoms. The number of carbonyl (C=O) groups excluding carboxylic acids is 1. The van der Waals surface area contributed by atoms with Gasteiger partial charge in [0.2, 0.25) is 0 Å². The molecular weight excluding hydrogens is 355 g/mol. The van der Waals surface area contributed by atoms with E-state index in [1.165, 1.54) is 7.11 Å². The number of fused-ring (bicyclic) bond motifs is 1. The summed E-state index contributed by atoms with van der Waals surface area (Å²) in [5, 5.41) is 0. The summed E-state index contributed by atoms with van der Waals surface area (Å²) < 4.78 is 25.7. The first-order chi connectivity index (χ1) is 13.5. The van der Waals surface area contributed by atoms with Crippen molar-refractivity contribution < 1.29 is 18.7 Å². The van der Waals surface area contributed by atoms with Gasteiger partial charge >= 0.3 is 5.97 Å². The standard InChI is InChI=1S/C24H27FO3/c1-14-4-10-19(20(25)12-14)21-11-9-16-5-8-18(13-22(16)28-21)23(17-6-7-17)15(2)24(26)27-3/h4-5,8,10,12-13,15,17,21,23H,6-7,9,11H2,1-3H3/t15-,21?,23-/m0/s1. The molecule has 1 saturated carbocycles. The topological polar surface area (TPSA) is 35.5 Å². The molecule has 2 aromatic carbocycles. The number of aryl methyl sites for hydroxylation is 2. The Hall–Kier alpha value is -2.36. The normalized spacial score (nSPS) is 20.6. The van der Waals surface area contributed by atoms with Gasteiger partial charge in [-0.1, -0.05) is 31.2 Å². The van der Waals surface area contributed by atoms with Gasteiger partial charge in [0.1, 0.15) is 17.7 Å². The number of benzene rings is 2. The van der Waals surface area contributed by atoms with Crippen molar-refractivity contribution >= 4 is 5.97 Å². The minimum absolute atomic E-state index is 0.137. The van der Waals surface area contributed by atoms with E-state index >= 15 is 0 Å². The predicted octanol–water partition coefficient (Wildman–Crippen LogP) is 5.50. The van der Waals surface area contributed by atoms with Gasteiger partial charge in [-0.05, 0) is 73.3 Å². The highest BCUT2D eigenvalue weighted by molar-refractivity contribution is 5.73. The lowest BCUT2D eigenvalue weighted by Gasteiger charge is -2.29.